The van der Waals surface area contributed by atoms with Gasteiger partial charge in [-0.2, -0.15) is 0 Å². The predicted octanol–water partition coefficient (Wildman–Crippen LogP) is 2.80. The Morgan fingerprint density at radius 2 is 1.92 bits per heavy atom. The minimum absolute atomic E-state index is 0.0517. The topological polar surface area (TPSA) is 153 Å². The van der Waals surface area contributed by atoms with Crippen LogP contribution in [0.2, 0.25) is 5.02 Å². The highest BCUT2D eigenvalue weighted by Gasteiger charge is 2.25. The molecule has 1 saturated heterocycles. The minimum Gasteiger partial charge on any atom is -0.711 e. The zero-order chi connectivity index (χ0) is 27.3. The van der Waals surface area contributed by atoms with Crippen LogP contribution in [0.1, 0.15) is 40.6 Å². The van der Waals surface area contributed by atoms with Gasteiger partial charge >= 0.3 is 5.91 Å². The summed E-state index contributed by atoms with van der Waals surface area (Å²) in [7, 11) is -3.54. The smallest absolute Gasteiger partial charge is 0.359 e. The second kappa shape index (κ2) is 11.8. The van der Waals surface area contributed by atoms with E-state index in [9.17, 15) is 23.2 Å². The molecule has 1 aliphatic rings. The summed E-state index contributed by atoms with van der Waals surface area (Å²) in [6.45, 7) is 3.02. The van der Waals surface area contributed by atoms with E-state index in [1.165, 1.54) is 55.6 Å². The van der Waals surface area contributed by atoms with E-state index in [-0.39, 0.29) is 50.3 Å². The number of anilines is 2. The van der Waals surface area contributed by atoms with Crippen molar-refractivity contribution in [2.24, 2.45) is 0 Å². The first-order chi connectivity index (χ1) is 18.2. The number of halogens is 1. The SMILES string of the molecule is CCS(=O)(=O)c1ccc(C(=O)Nc2cccnc2C(=O)Nc2ccc(Cl)c[n+]2[O-])c(OC2CCNCC2)c1. The molecule has 0 unspecified atom stereocenters. The summed E-state index contributed by atoms with van der Waals surface area (Å²) in [5, 5.41) is 20.6. The predicted molar refractivity (Wildman–Crippen MR) is 141 cm³/mol. The highest BCUT2D eigenvalue weighted by Crippen LogP contribution is 2.28. The molecule has 0 radical (unpaired) electrons. The van der Waals surface area contributed by atoms with Crippen LogP contribution in [0.5, 0.6) is 5.75 Å². The van der Waals surface area contributed by atoms with Crippen LogP contribution >= 0.6 is 11.6 Å². The summed E-state index contributed by atoms with van der Waals surface area (Å²) in [5.74, 6) is -1.40. The van der Waals surface area contributed by atoms with Crippen LogP contribution < -0.4 is 25.4 Å². The van der Waals surface area contributed by atoms with Gasteiger partial charge in [0.15, 0.2) is 15.5 Å². The molecular weight excluding hydrogens is 534 g/mol. The van der Waals surface area contributed by atoms with Crippen molar-refractivity contribution in [3.05, 3.63) is 76.3 Å². The number of carbonyl (C=O) groups is 2. The number of nitrogens with one attached hydrogen (secondary N) is 3. The number of sulfone groups is 1. The van der Waals surface area contributed by atoms with Crippen LogP contribution in [0.15, 0.2) is 59.8 Å². The van der Waals surface area contributed by atoms with Gasteiger partial charge in [-0.15, -0.1) is 0 Å². The summed E-state index contributed by atoms with van der Waals surface area (Å²) in [6, 6.07) is 9.90. The van der Waals surface area contributed by atoms with Crippen molar-refractivity contribution >= 4 is 44.8 Å². The number of nitrogens with zero attached hydrogens (tertiary/aromatic N) is 2. The summed E-state index contributed by atoms with van der Waals surface area (Å²) >= 11 is 5.79. The normalized spacial score (nSPS) is 14.1. The van der Waals surface area contributed by atoms with Crippen molar-refractivity contribution < 1.29 is 27.5 Å². The molecule has 2 aromatic heterocycles. The molecule has 4 rings (SSSR count). The molecule has 3 aromatic rings. The Balaban J connectivity index is 1.61. The van der Waals surface area contributed by atoms with Gasteiger partial charge in [0, 0.05) is 12.3 Å². The Hall–Kier alpha value is -3.74. The molecule has 0 atom stereocenters. The molecule has 11 nitrogen and oxygen atoms in total. The molecule has 0 saturated carbocycles. The van der Waals surface area contributed by atoms with Crippen LogP contribution in [0.25, 0.3) is 0 Å². The summed E-state index contributed by atoms with van der Waals surface area (Å²) in [4.78, 5) is 30.4. The number of benzene rings is 1. The minimum atomic E-state index is -3.54. The Morgan fingerprint density at radius 1 is 1.16 bits per heavy atom. The largest absolute Gasteiger partial charge is 0.711 e. The monoisotopic (exact) mass is 559 g/mol. The number of hydrogen-bond acceptors (Lipinski definition) is 8. The molecule has 38 heavy (non-hydrogen) atoms. The van der Waals surface area contributed by atoms with E-state index in [2.05, 4.69) is 20.9 Å². The highest BCUT2D eigenvalue weighted by molar-refractivity contribution is 7.91. The fraction of sp³-hybridized carbons (Fsp3) is 0.280. The molecule has 0 spiro atoms. The first-order valence-corrected chi connectivity index (χ1v) is 13.9. The zero-order valence-electron chi connectivity index (χ0n) is 20.4. The highest BCUT2D eigenvalue weighted by atomic mass is 35.5. The van der Waals surface area contributed by atoms with Crippen molar-refractivity contribution in [3.8, 4) is 5.75 Å². The number of pyridine rings is 2. The number of ether oxygens (including phenoxy) is 1. The maximum atomic E-state index is 13.4. The van der Waals surface area contributed by atoms with Gasteiger partial charge in [0.25, 0.3) is 11.7 Å². The fourth-order valence-corrected chi connectivity index (χ4v) is 4.89. The van der Waals surface area contributed by atoms with E-state index in [0.717, 1.165) is 19.3 Å². The summed E-state index contributed by atoms with van der Waals surface area (Å²) in [5.41, 5.74) is 0.0465. The van der Waals surface area contributed by atoms with Crippen LogP contribution in [0.3, 0.4) is 0 Å². The molecule has 3 N–H and O–H groups in total. The summed E-state index contributed by atoms with van der Waals surface area (Å²) < 4.78 is 31.5. The quantitative estimate of drug-likeness (QED) is 0.281. The van der Waals surface area contributed by atoms with E-state index >= 15 is 0 Å². The first kappa shape index (κ1) is 27.3. The van der Waals surface area contributed by atoms with E-state index < -0.39 is 21.7 Å². The van der Waals surface area contributed by atoms with Crippen LogP contribution in [-0.4, -0.2) is 50.2 Å². The molecule has 1 aliphatic heterocycles. The third-order valence-corrected chi connectivity index (χ3v) is 7.86. The van der Waals surface area contributed by atoms with Crippen LogP contribution in [0.4, 0.5) is 11.5 Å². The van der Waals surface area contributed by atoms with Gasteiger partial charge in [-0.3, -0.25) is 4.79 Å². The van der Waals surface area contributed by atoms with E-state index in [1.54, 1.807) is 0 Å². The fourth-order valence-electron chi connectivity index (χ4n) is 3.85. The molecule has 3 heterocycles. The Labute approximate surface area is 224 Å². The van der Waals surface area contributed by atoms with E-state index in [0.29, 0.717) is 17.6 Å². The van der Waals surface area contributed by atoms with Gasteiger partial charge in [-0.1, -0.05) is 18.5 Å². The molecule has 2 amide bonds. The standard InChI is InChI=1S/C25H26ClN5O6S/c1-2-38(35,36)18-6-7-19(21(14-18)37-17-9-12-27-13-10-17)24(32)29-20-4-3-11-28-23(20)25(33)30-22-8-5-16(26)15-31(22)34/h3-8,11,14-15,17,27H,2,9-10,12-13H2,1H3,(H,29,32)(H,30,33). The van der Waals surface area contributed by atoms with Crippen molar-refractivity contribution in [2.45, 2.75) is 30.8 Å². The maximum absolute atomic E-state index is 13.4. The van der Waals surface area contributed by atoms with Crippen molar-refractivity contribution in [1.82, 2.24) is 10.3 Å². The number of amides is 2. The maximum Gasteiger partial charge on any atom is 0.359 e. The Bertz CT molecular complexity index is 1460. The molecule has 0 bridgehead atoms. The molecular formula is C25H26ClN5O6S. The number of piperidine rings is 1. The third kappa shape index (κ3) is 6.39. The zero-order valence-corrected chi connectivity index (χ0v) is 22.0. The van der Waals surface area contributed by atoms with Gasteiger partial charge in [-0.25, -0.2) is 28.2 Å². The third-order valence-electron chi connectivity index (χ3n) is 5.91. The lowest BCUT2D eigenvalue weighted by Crippen LogP contribution is -2.34. The van der Waals surface area contributed by atoms with E-state index in [1.807, 2.05) is 0 Å². The second-order valence-corrected chi connectivity index (χ2v) is 11.2. The van der Waals surface area contributed by atoms with Gasteiger partial charge < -0.3 is 20.6 Å². The molecule has 200 valence electrons. The average Bonchev–Trinajstić information content (AvgIpc) is 2.91. The number of aromatic nitrogens is 2. The van der Waals surface area contributed by atoms with Gasteiger partial charge in [0.05, 0.1) is 26.9 Å². The first-order valence-electron chi connectivity index (χ1n) is 11.9. The van der Waals surface area contributed by atoms with Crippen molar-refractivity contribution in [2.75, 3.05) is 29.5 Å². The van der Waals surface area contributed by atoms with Crippen LogP contribution in [0, 0.1) is 5.21 Å². The van der Waals surface area contributed by atoms with Crippen molar-refractivity contribution in [1.29, 1.82) is 0 Å². The van der Waals surface area contributed by atoms with Crippen molar-refractivity contribution in [3.63, 3.8) is 0 Å². The van der Waals surface area contributed by atoms with Gasteiger partial charge in [0.2, 0.25) is 0 Å². The second-order valence-electron chi connectivity index (χ2n) is 8.49. The Morgan fingerprint density at radius 3 is 2.63 bits per heavy atom. The molecule has 0 aliphatic carbocycles. The number of rotatable bonds is 8. The molecule has 13 heteroatoms. The molecule has 1 aromatic carbocycles. The molecule has 1 fully saturated rings. The number of carbonyl (C=O) groups excluding carboxylic acids is 2. The lowest BCUT2D eigenvalue weighted by Gasteiger charge is -2.25. The average molecular weight is 560 g/mol. The summed E-state index contributed by atoms with van der Waals surface area (Å²) in [6.07, 6.45) is 3.66. The van der Waals surface area contributed by atoms with Gasteiger partial charge in [0.1, 0.15) is 18.1 Å². The van der Waals surface area contributed by atoms with Gasteiger partial charge in [-0.05, 0) is 62.3 Å². The Kier molecular flexibility index (Phi) is 8.45. The van der Waals surface area contributed by atoms with E-state index in [4.69, 9.17) is 16.3 Å². The number of hydrogen-bond donors (Lipinski definition) is 3. The lowest BCUT2D eigenvalue weighted by atomic mass is 10.1. The van der Waals surface area contributed by atoms with Crippen LogP contribution in [-0.2, 0) is 9.84 Å². The lowest BCUT2D eigenvalue weighted by molar-refractivity contribution is -0.589.